The Hall–Kier alpha value is -1.11. The second-order valence-electron chi connectivity index (χ2n) is 5.40. The molecule has 1 aliphatic heterocycles. The van der Waals surface area contributed by atoms with Crippen molar-refractivity contribution in [2.45, 2.75) is 44.2 Å². The smallest absolute Gasteiger partial charge is 0.240 e. The summed E-state index contributed by atoms with van der Waals surface area (Å²) in [6.45, 7) is 7.28. The highest BCUT2D eigenvalue weighted by molar-refractivity contribution is 7.89. The van der Waals surface area contributed by atoms with Crippen LogP contribution < -0.4 is 14.8 Å². The lowest BCUT2D eigenvalue weighted by molar-refractivity contribution is 0.240. The van der Waals surface area contributed by atoms with Crippen LogP contribution in [-0.2, 0) is 10.0 Å². The fraction of sp³-hybridized carbons (Fsp3) is 0.571. The van der Waals surface area contributed by atoms with E-state index in [-0.39, 0.29) is 17.0 Å². The maximum atomic E-state index is 12.3. The molecule has 0 amide bonds. The Morgan fingerprint density at radius 1 is 1.40 bits per heavy atom. The van der Waals surface area contributed by atoms with Crippen LogP contribution in [0.4, 0.5) is 0 Å². The van der Waals surface area contributed by atoms with E-state index in [0.717, 1.165) is 24.3 Å². The van der Waals surface area contributed by atoms with Gasteiger partial charge in [0.25, 0.3) is 0 Å². The van der Waals surface area contributed by atoms with Crippen molar-refractivity contribution in [1.82, 2.24) is 10.0 Å². The van der Waals surface area contributed by atoms with Crippen molar-refractivity contribution in [3.63, 3.8) is 0 Å². The zero-order chi connectivity index (χ0) is 14.8. The van der Waals surface area contributed by atoms with E-state index < -0.39 is 10.0 Å². The van der Waals surface area contributed by atoms with E-state index in [1.54, 1.807) is 18.2 Å². The molecule has 1 fully saturated rings. The Balaban J connectivity index is 2.17. The molecule has 112 valence electrons. The first-order valence-corrected chi connectivity index (χ1v) is 8.37. The fourth-order valence-electron chi connectivity index (χ4n) is 2.22. The zero-order valence-corrected chi connectivity index (χ0v) is 13.0. The number of ether oxygens (including phenoxy) is 1. The second kappa shape index (κ2) is 6.11. The molecule has 20 heavy (non-hydrogen) atoms. The molecule has 1 aromatic rings. The third-order valence-electron chi connectivity index (χ3n) is 3.20. The molecule has 2 N–H and O–H groups in total. The summed E-state index contributed by atoms with van der Waals surface area (Å²) in [6.07, 6.45) is 0.895. The average Bonchev–Trinajstić information content (AvgIpc) is 2.83. The van der Waals surface area contributed by atoms with Gasteiger partial charge in [0.1, 0.15) is 5.75 Å². The van der Waals surface area contributed by atoms with E-state index in [1.807, 2.05) is 20.8 Å². The number of aryl methyl sites for hydroxylation is 1. The van der Waals surface area contributed by atoms with Crippen LogP contribution in [0.3, 0.4) is 0 Å². The molecule has 0 bridgehead atoms. The van der Waals surface area contributed by atoms with Gasteiger partial charge in [-0.05, 0) is 57.5 Å². The first-order valence-electron chi connectivity index (χ1n) is 6.89. The van der Waals surface area contributed by atoms with Crippen molar-refractivity contribution in [1.29, 1.82) is 0 Å². The summed E-state index contributed by atoms with van der Waals surface area (Å²) >= 11 is 0. The summed E-state index contributed by atoms with van der Waals surface area (Å²) in [4.78, 5) is 0.290. The van der Waals surface area contributed by atoms with E-state index in [4.69, 9.17) is 4.74 Å². The van der Waals surface area contributed by atoms with Crippen LogP contribution in [0.5, 0.6) is 5.75 Å². The molecule has 1 saturated heterocycles. The number of sulfonamides is 1. The summed E-state index contributed by atoms with van der Waals surface area (Å²) in [7, 11) is -3.46. The van der Waals surface area contributed by atoms with Gasteiger partial charge in [0.05, 0.1) is 11.0 Å². The lowest BCUT2D eigenvalue weighted by atomic mass is 10.2. The fourth-order valence-corrected chi connectivity index (χ4v) is 3.57. The van der Waals surface area contributed by atoms with E-state index in [9.17, 15) is 8.42 Å². The van der Waals surface area contributed by atoms with Crippen LogP contribution in [0, 0.1) is 6.92 Å². The van der Waals surface area contributed by atoms with Crippen LogP contribution >= 0.6 is 0 Å². The Morgan fingerprint density at radius 2 is 2.15 bits per heavy atom. The number of hydrogen-bond donors (Lipinski definition) is 2. The quantitative estimate of drug-likeness (QED) is 0.863. The normalized spacial score (nSPS) is 19.5. The minimum atomic E-state index is -3.46. The molecule has 2 rings (SSSR count). The van der Waals surface area contributed by atoms with Crippen molar-refractivity contribution in [3.05, 3.63) is 23.8 Å². The first-order chi connectivity index (χ1) is 9.38. The highest BCUT2D eigenvalue weighted by Gasteiger charge is 2.23. The molecule has 1 atom stereocenters. The predicted octanol–water partition coefficient (Wildman–Crippen LogP) is 1.42. The summed E-state index contributed by atoms with van der Waals surface area (Å²) in [5.41, 5.74) is 0.825. The maximum absolute atomic E-state index is 12.3. The monoisotopic (exact) mass is 298 g/mol. The highest BCUT2D eigenvalue weighted by Crippen LogP contribution is 2.23. The van der Waals surface area contributed by atoms with Crippen LogP contribution in [0.2, 0.25) is 0 Å². The SMILES string of the molecule is Cc1cc(S(=O)(=O)N[C@@H]2CCNC2)ccc1OC(C)C. The maximum Gasteiger partial charge on any atom is 0.240 e. The van der Waals surface area contributed by atoms with Gasteiger partial charge in [-0.3, -0.25) is 0 Å². The van der Waals surface area contributed by atoms with Gasteiger partial charge in [-0.2, -0.15) is 0 Å². The van der Waals surface area contributed by atoms with Gasteiger partial charge >= 0.3 is 0 Å². The lowest BCUT2D eigenvalue weighted by Gasteiger charge is -2.15. The molecule has 5 nitrogen and oxygen atoms in total. The number of hydrogen-bond acceptors (Lipinski definition) is 4. The Kier molecular flexibility index (Phi) is 4.67. The molecule has 1 heterocycles. The standard InChI is InChI=1S/C14H22N2O3S/c1-10(2)19-14-5-4-13(8-11(14)3)20(17,18)16-12-6-7-15-9-12/h4-5,8,10,12,15-16H,6-7,9H2,1-3H3/t12-/m1/s1. The predicted molar refractivity (Wildman–Crippen MR) is 78.5 cm³/mol. The zero-order valence-electron chi connectivity index (χ0n) is 12.1. The van der Waals surface area contributed by atoms with Crippen LogP contribution in [-0.4, -0.2) is 33.7 Å². The average molecular weight is 298 g/mol. The van der Waals surface area contributed by atoms with E-state index in [1.165, 1.54) is 0 Å². The minimum Gasteiger partial charge on any atom is -0.491 e. The lowest BCUT2D eigenvalue weighted by Crippen LogP contribution is -2.36. The van der Waals surface area contributed by atoms with E-state index in [2.05, 4.69) is 10.0 Å². The van der Waals surface area contributed by atoms with Crippen molar-refractivity contribution in [3.8, 4) is 5.75 Å². The first kappa shape index (κ1) is 15.3. The van der Waals surface area contributed by atoms with Crippen molar-refractivity contribution in [2.75, 3.05) is 13.1 Å². The van der Waals surface area contributed by atoms with Gasteiger partial charge in [-0.15, -0.1) is 0 Å². The summed E-state index contributed by atoms with van der Waals surface area (Å²) < 4.78 is 32.9. The summed E-state index contributed by atoms with van der Waals surface area (Å²) in [5, 5.41) is 3.14. The summed E-state index contributed by atoms with van der Waals surface area (Å²) in [6, 6.07) is 4.95. The third kappa shape index (κ3) is 3.71. The molecule has 0 aromatic heterocycles. The van der Waals surface area contributed by atoms with Gasteiger partial charge in [0.2, 0.25) is 10.0 Å². The van der Waals surface area contributed by atoms with Crippen LogP contribution in [0.1, 0.15) is 25.8 Å². The largest absolute Gasteiger partial charge is 0.491 e. The number of benzene rings is 1. The van der Waals surface area contributed by atoms with E-state index in [0.29, 0.717) is 6.54 Å². The highest BCUT2D eigenvalue weighted by atomic mass is 32.2. The van der Waals surface area contributed by atoms with Crippen molar-refractivity contribution < 1.29 is 13.2 Å². The Morgan fingerprint density at radius 3 is 2.70 bits per heavy atom. The third-order valence-corrected chi connectivity index (χ3v) is 4.72. The molecular weight excluding hydrogens is 276 g/mol. The Labute approximate surface area is 120 Å². The molecule has 0 spiro atoms. The van der Waals surface area contributed by atoms with Gasteiger partial charge in [-0.25, -0.2) is 13.1 Å². The molecule has 0 saturated carbocycles. The van der Waals surface area contributed by atoms with Gasteiger partial charge < -0.3 is 10.1 Å². The molecule has 0 radical (unpaired) electrons. The Bertz CT molecular complexity index is 564. The number of rotatable bonds is 5. The molecule has 1 aliphatic rings. The summed E-state index contributed by atoms with van der Waals surface area (Å²) in [5.74, 6) is 0.724. The van der Waals surface area contributed by atoms with Crippen LogP contribution in [0.25, 0.3) is 0 Å². The molecule has 0 aliphatic carbocycles. The van der Waals surface area contributed by atoms with Crippen molar-refractivity contribution in [2.24, 2.45) is 0 Å². The van der Waals surface area contributed by atoms with Gasteiger partial charge in [-0.1, -0.05) is 0 Å². The molecule has 0 unspecified atom stereocenters. The molecule has 6 heteroatoms. The minimum absolute atomic E-state index is 0.0214. The van der Waals surface area contributed by atoms with Gasteiger partial charge in [0, 0.05) is 12.6 Å². The van der Waals surface area contributed by atoms with Crippen molar-refractivity contribution >= 4 is 10.0 Å². The topological polar surface area (TPSA) is 67.4 Å². The van der Waals surface area contributed by atoms with Crippen LogP contribution in [0.15, 0.2) is 23.1 Å². The molecular formula is C14H22N2O3S. The molecule has 1 aromatic carbocycles. The van der Waals surface area contributed by atoms with E-state index >= 15 is 0 Å². The number of nitrogens with one attached hydrogen (secondary N) is 2. The second-order valence-corrected chi connectivity index (χ2v) is 7.12. The van der Waals surface area contributed by atoms with Gasteiger partial charge in [0.15, 0.2) is 0 Å².